The van der Waals surface area contributed by atoms with Crippen LogP contribution < -0.4 is 10.5 Å². The topological polar surface area (TPSA) is 85.1 Å². The molecule has 2 aromatic rings. The summed E-state index contributed by atoms with van der Waals surface area (Å²) in [7, 11) is -3.81. The van der Waals surface area contributed by atoms with Crippen LogP contribution in [-0.2, 0) is 10.0 Å². The van der Waals surface area contributed by atoms with E-state index in [1.165, 1.54) is 6.20 Å². The van der Waals surface area contributed by atoms with Gasteiger partial charge in [0.1, 0.15) is 5.82 Å². The first-order chi connectivity index (χ1) is 8.38. The van der Waals surface area contributed by atoms with Gasteiger partial charge in [0.2, 0.25) is 0 Å². The largest absolute Gasteiger partial charge is 0.396 e. The zero-order valence-electron chi connectivity index (χ0n) is 8.72. The highest BCUT2D eigenvalue weighted by molar-refractivity contribution is 9.11. The zero-order valence-corrected chi connectivity index (χ0v) is 11.9. The summed E-state index contributed by atoms with van der Waals surface area (Å²) in [6.07, 6.45) is 1.47. The van der Waals surface area contributed by atoms with Crippen LogP contribution in [0.15, 0.2) is 33.1 Å². The van der Waals surface area contributed by atoms with Gasteiger partial charge in [-0.25, -0.2) is 17.8 Å². The van der Waals surface area contributed by atoms with Crippen LogP contribution in [0.4, 0.5) is 15.2 Å². The number of rotatable bonds is 3. The molecule has 0 aliphatic carbocycles. The van der Waals surface area contributed by atoms with E-state index in [1.807, 2.05) is 0 Å². The van der Waals surface area contributed by atoms with Crippen LogP contribution in [0.2, 0.25) is 0 Å². The molecule has 0 saturated heterocycles. The van der Waals surface area contributed by atoms with Crippen LogP contribution in [0.3, 0.4) is 0 Å². The average Bonchev–Trinajstić information content (AvgIpc) is 2.67. The smallest absolute Gasteiger partial charge is 0.263 e. The van der Waals surface area contributed by atoms with E-state index in [9.17, 15) is 12.8 Å². The number of anilines is 2. The van der Waals surface area contributed by atoms with Crippen molar-refractivity contribution < 1.29 is 12.8 Å². The summed E-state index contributed by atoms with van der Waals surface area (Å²) in [5.41, 5.74) is 5.10. The predicted octanol–water partition coefficient (Wildman–Crippen LogP) is 2.43. The number of hydrogen-bond donors (Lipinski definition) is 2. The second kappa shape index (κ2) is 4.82. The Morgan fingerprint density at radius 2 is 2.17 bits per heavy atom. The fraction of sp³-hybridized carbons (Fsp3) is 0. The number of halogens is 2. The zero-order chi connectivity index (χ0) is 13.3. The molecule has 18 heavy (non-hydrogen) atoms. The summed E-state index contributed by atoms with van der Waals surface area (Å²) >= 11 is 4.30. The number of nitrogens with two attached hydrogens (primary N) is 1. The first-order valence-corrected chi connectivity index (χ1v) is 7.67. The fourth-order valence-electron chi connectivity index (χ4n) is 1.16. The molecule has 0 spiro atoms. The molecular weight excluding hydrogens is 345 g/mol. The summed E-state index contributed by atoms with van der Waals surface area (Å²) in [4.78, 5) is 3.72. The van der Waals surface area contributed by atoms with E-state index in [4.69, 9.17) is 5.73 Å². The van der Waals surface area contributed by atoms with E-state index in [2.05, 4.69) is 25.6 Å². The summed E-state index contributed by atoms with van der Waals surface area (Å²) < 4.78 is 39.8. The summed E-state index contributed by atoms with van der Waals surface area (Å²) in [5, 5.41) is 0.213. The van der Waals surface area contributed by atoms with Gasteiger partial charge < -0.3 is 5.73 Å². The van der Waals surface area contributed by atoms with Crippen molar-refractivity contribution in [2.75, 3.05) is 10.5 Å². The molecule has 1 heterocycles. The van der Waals surface area contributed by atoms with E-state index >= 15 is 0 Å². The fourth-order valence-corrected chi connectivity index (χ4v) is 3.55. The number of nitrogen functional groups attached to an aromatic ring is 1. The van der Waals surface area contributed by atoms with Gasteiger partial charge in [0.15, 0.2) is 5.13 Å². The van der Waals surface area contributed by atoms with Gasteiger partial charge in [-0.3, -0.25) is 4.72 Å². The Kier molecular flexibility index (Phi) is 3.55. The highest BCUT2D eigenvalue weighted by atomic mass is 79.9. The lowest BCUT2D eigenvalue weighted by Gasteiger charge is -2.06. The van der Waals surface area contributed by atoms with Crippen LogP contribution >= 0.6 is 27.3 Å². The van der Waals surface area contributed by atoms with Crippen LogP contribution in [0.5, 0.6) is 0 Å². The Morgan fingerprint density at radius 3 is 2.72 bits per heavy atom. The normalized spacial score (nSPS) is 11.4. The molecular formula is C9H7BrFN3O2S2. The molecule has 96 valence electrons. The maximum atomic E-state index is 13.0. The lowest BCUT2D eigenvalue weighted by molar-refractivity contribution is 0.600. The monoisotopic (exact) mass is 351 g/mol. The molecule has 3 N–H and O–H groups in total. The van der Waals surface area contributed by atoms with E-state index < -0.39 is 15.8 Å². The van der Waals surface area contributed by atoms with E-state index in [0.29, 0.717) is 3.79 Å². The molecule has 0 fully saturated rings. The Labute approximate surface area is 115 Å². The van der Waals surface area contributed by atoms with Crippen molar-refractivity contribution in [3.63, 3.8) is 0 Å². The number of hydrogen-bond acceptors (Lipinski definition) is 5. The number of benzene rings is 1. The van der Waals surface area contributed by atoms with Gasteiger partial charge in [-0.2, -0.15) is 0 Å². The number of thiazole rings is 1. The molecule has 0 aliphatic heterocycles. The Balaban J connectivity index is 2.33. The Bertz CT molecular complexity index is 687. The Hall–Kier alpha value is -1.19. The maximum absolute atomic E-state index is 13.0. The van der Waals surface area contributed by atoms with E-state index in [0.717, 1.165) is 29.5 Å². The summed E-state index contributed by atoms with van der Waals surface area (Å²) in [6, 6.07) is 3.19. The van der Waals surface area contributed by atoms with Crippen molar-refractivity contribution in [3.8, 4) is 0 Å². The molecule has 0 aliphatic rings. The number of aromatic nitrogens is 1. The molecule has 1 aromatic carbocycles. The van der Waals surface area contributed by atoms with Crippen molar-refractivity contribution in [2.45, 2.75) is 4.90 Å². The third-order valence-electron chi connectivity index (χ3n) is 1.98. The van der Waals surface area contributed by atoms with E-state index in [1.54, 1.807) is 0 Å². The molecule has 0 atom stereocenters. The van der Waals surface area contributed by atoms with Gasteiger partial charge in [-0.05, 0) is 34.1 Å². The molecule has 0 bridgehead atoms. The first-order valence-electron chi connectivity index (χ1n) is 4.57. The third kappa shape index (κ3) is 2.79. The van der Waals surface area contributed by atoms with Crippen molar-refractivity contribution in [3.05, 3.63) is 34.0 Å². The molecule has 9 heteroatoms. The summed E-state index contributed by atoms with van der Waals surface area (Å²) in [5.74, 6) is -0.661. The van der Waals surface area contributed by atoms with Crippen molar-refractivity contribution in [2.24, 2.45) is 0 Å². The lowest BCUT2D eigenvalue weighted by Crippen LogP contribution is -2.13. The number of sulfonamides is 1. The minimum absolute atomic E-state index is 0.118. The quantitative estimate of drug-likeness (QED) is 0.831. The van der Waals surface area contributed by atoms with Gasteiger partial charge >= 0.3 is 0 Å². The highest BCUT2D eigenvalue weighted by Crippen LogP contribution is 2.26. The molecule has 0 amide bonds. The molecule has 0 unspecified atom stereocenters. The van der Waals surface area contributed by atoms with Gasteiger partial charge in [0.05, 0.1) is 20.6 Å². The van der Waals surface area contributed by atoms with Crippen molar-refractivity contribution in [1.29, 1.82) is 0 Å². The van der Waals surface area contributed by atoms with Crippen LogP contribution in [0.1, 0.15) is 0 Å². The van der Waals surface area contributed by atoms with Crippen molar-refractivity contribution in [1.82, 2.24) is 4.98 Å². The van der Waals surface area contributed by atoms with Crippen molar-refractivity contribution >= 4 is 48.1 Å². The third-order valence-corrected chi connectivity index (χ3v) is 4.83. The Morgan fingerprint density at radius 1 is 1.44 bits per heavy atom. The minimum Gasteiger partial charge on any atom is -0.396 e. The van der Waals surface area contributed by atoms with Crippen LogP contribution in [-0.4, -0.2) is 13.4 Å². The standard InChI is InChI=1S/C9H7BrFN3O2S2/c10-8-4-13-9(17-8)14-18(15,16)5-1-2-6(11)7(12)3-5/h1-4H,12H2,(H,13,14). The summed E-state index contributed by atoms with van der Waals surface area (Å²) in [6.45, 7) is 0. The van der Waals surface area contributed by atoms with Gasteiger partial charge in [-0.1, -0.05) is 11.3 Å². The van der Waals surface area contributed by atoms with E-state index in [-0.39, 0.29) is 15.7 Å². The molecule has 5 nitrogen and oxygen atoms in total. The maximum Gasteiger partial charge on any atom is 0.263 e. The number of nitrogens with zero attached hydrogens (tertiary/aromatic N) is 1. The first kappa shape index (κ1) is 13.2. The predicted molar refractivity (Wildman–Crippen MR) is 71.4 cm³/mol. The molecule has 0 radical (unpaired) electrons. The average molecular weight is 352 g/mol. The SMILES string of the molecule is Nc1cc(S(=O)(=O)Nc2ncc(Br)s2)ccc1F. The second-order valence-corrected chi connectivity index (χ2v) is 7.35. The molecule has 1 aromatic heterocycles. The minimum atomic E-state index is -3.81. The number of nitrogens with one attached hydrogen (secondary N) is 1. The second-order valence-electron chi connectivity index (χ2n) is 3.26. The molecule has 0 saturated carbocycles. The van der Waals surface area contributed by atoms with Gasteiger partial charge in [0, 0.05) is 0 Å². The van der Waals surface area contributed by atoms with Crippen LogP contribution in [0.25, 0.3) is 0 Å². The van der Waals surface area contributed by atoms with Crippen LogP contribution in [0, 0.1) is 5.82 Å². The van der Waals surface area contributed by atoms with Gasteiger partial charge in [0.25, 0.3) is 10.0 Å². The van der Waals surface area contributed by atoms with Gasteiger partial charge in [-0.15, -0.1) is 0 Å². The lowest BCUT2D eigenvalue weighted by atomic mass is 10.3. The highest BCUT2D eigenvalue weighted by Gasteiger charge is 2.17. The molecule has 2 rings (SSSR count).